The molecule has 2 rings (SSSR count). The molecule has 0 saturated carbocycles. The first-order chi connectivity index (χ1) is 9.28. The lowest BCUT2D eigenvalue weighted by molar-refractivity contribution is -0.274. The third kappa shape index (κ3) is 3.70. The van der Waals surface area contributed by atoms with E-state index in [2.05, 4.69) is 9.72 Å². The number of halogens is 3. The SMILES string of the molecule is O=S(=O)(Cc1ccccc1OC(F)(F)F)c1nccs1. The fourth-order valence-corrected chi connectivity index (χ4v) is 3.76. The van der Waals surface area contributed by atoms with Crippen molar-refractivity contribution in [3.63, 3.8) is 0 Å². The van der Waals surface area contributed by atoms with Crippen molar-refractivity contribution < 1.29 is 26.3 Å². The average Bonchev–Trinajstić information content (AvgIpc) is 2.83. The van der Waals surface area contributed by atoms with E-state index in [0.717, 1.165) is 17.4 Å². The van der Waals surface area contributed by atoms with Gasteiger partial charge in [0.2, 0.25) is 14.2 Å². The molecule has 0 amide bonds. The molecule has 0 spiro atoms. The van der Waals surface area contributed by atoms with Gasteiger partial charge in [-0.3, -0.25) is 0 Å². The van der Waals surface area contributed by atoms with E-state index in [1.165, 1.54) is 29.8 Å². The molecular weight excluding hydrogens is 315 g/mol. The van der Waals surface area contributed by atoms with Crippen LogP contribution in [0.5, 0.6) is 5.75 Å². The molecule has 0 bridgehead atoms. The molecule has 2 aromatic rings. The van der Waals surface area contributed by atoms with Gasteiger partial charge in [-0.1, -0.05) is 18.2 Å². The van der Waals surface area contributed by atoms with E-state index < -0.39 is 27.7 Å². The Hall–Kier alpha value is -1.61. The van der Waals surface area contributed by atoms with Gasteiger partial charge < -0.3 is 4.74 Å². The van der Waals surface area contributed by atoms with Gasteiger partial charge >= 0.3 is 6.36 Å². The first kappa shape index (κ1) is 14.8. The number of nitrogens with zero attached hydrogens (tertiary/aromatic N) is 1. The van der Waals surface area contributed by atoms with Crippen LogP contribution in [-0.4, -0.2) is 19.8 Å². The van der Waals surface area contributed by atoms with E-state index in [1.807, 2.05) is 0 Å². The summed E-state index contributed by atoms with van der Waals surface area (Å²) in [5.74, 6) is -1.13. The Balaban J connectivity index is 2.31. The summed E-state index contributed by atoms with van der Waals surface area (Å²) in [6, 6.07) is 5.11. The largest absolute Gasteiger partial charge is 0.573 e. The van der Waals surface area contributed by atoms with Crippen LogP contribution in [0.2, 0.25) is 0 Å². The second-order valence-corrected chi connectivity index (χ2v) is 6.77. The number of ether oxygens (including phenoxy) is 1. The summed E-state index contributed by atoms with van der Waals surface area (Å²) in [5.41, 5.74) is -0.0694. The highest BCUT2D eigenvalue weighted by atomic mass is 32.2. The van der Waals surface area contributed by atoms with Crippen molar-refractivity contribution in [1.82, 2.24) is 4.98 Å². The number of benzene rings is 1. The highest BCUT2D eigenvalue weighted by molar-refractivity contribution is 7.92. The van der Waals surface area contributed by atoms with Crippen LogP contribution < -0.4 is 4.74 Å². The fourth-order valence-electron chi connectivity index (χ4n) is 1.48. The minimum Gasteiger partial charge on any atom is -0.405 e. The average molecular weight is 323 g/mol. The Labute approximate surface area is 116 Å². The quantitative estimate of drug-likeness (QED) is 0.868. The van der Waals surface area contributed by atoms with Gasteiger partial charge in [-0.05, 0) is 6.07 Å². The zero-order valence-electron chi connectivity index (χ0n) is 9.79. The van der Waals surface area contributed by atoms with Crippen LogP contribution in [0.1, 0.15) is 5.56 Å². The molecule has 0 radical (unpaired) electrons. The molecule has 0 N–H and O–H groups in total. The number of sulfone groups is 1. The molecule has 0 saturated heterocycles. The van der Waals surface area contributed by atoms with Crippen molar-refractivity contribution in [2.24, 2.45) is 0 Å². The van der Waals surface area contributed by atoms with Crippen LogP contribution in [0, 0.1) is 0 Å². The summed E-state index contributed by atoms with van der Waals surface area (Å²) in [6.45, 7) is 0. The summed E-state index contributed by atoms with van der Waals surface area (Å²) in [4.78, 5) is 3.66. The maximum absolute atomic E-state index is 12.2. The number of aromatic nitrogens is 1. The van der Waals surface area contributed by atoms with Gasteiger partial charge in [0.25, 0.3) is 0 Å². The lowest BCUT2D eigenvalue weighted by Crippen LogP contribution is -2.18. The predicted molar refractivity (Wildman–Crippen MR) is 66.1 cm³/mol. The standard InChI is InChI=1S/C11H8F3NO3S2/c12-11(13,14)18-9-4-2-1-3-8(9)7-20(16,17)10-15-5-6-19-10/h1-6H,7H2. The smallest absolute Gasteiger partial charge is 0.405 e. The Kier molecular flexibility index (Phi) is 4.00. The van der Waals surface area contributed by atoms with Crippen molar-refractivity contribution in [3.05, 3.63) is 41.4 Å². The number of alkyl halides is 3. The molecule has 9 heteroatoms. The fraction of sp³-hybridized carbons (Fsp3) is 0.182. The molecule has 1 heterocycles. The Morgan fingerprint density at radius 2 is 1.95 bits per heavy atom. The van der Waals surface area contributed by atoms with Gasteiger partial charge in [0.15, 0.2) is 0 Å². The van der Waals surface area contributed by atoms with Crippen LogP contribution >= 0.6 is 11.3 Å². The molecule has 0 aliphatic heterocycles. The Morgan fingerprint density at radius 1 is 1.25 bits per heavy atom. The van der Waals surface area contributed by atoms with E-state index >= 15 is 0 Å². The van der Waals surface area contributed by atoms with Crippen molar-refractivity contribution in [3.8, 4) is 5.75 Å². The highest BCUT2D eigenvalue weighted by Crippen LogP contribution is 2.29. The monoisotopic (exact) mass is 323 g/mol. The lowest BCUT2D eigenvalue weighted by atomic mass is 10.2. The maximum atomic E-state index is 12.2. The Morgan fingerprint density at radius 3 is 2.55 bits per heavy atom. The molecule has 1 aromatic carbocycles. The zero-order valence-corrected chi connectivity index (χ0v) is 11.4. The summed E-state index contributed by atoms with van der Waals surface area (Å²) >= 11 is 0.906. The van der Waals surface area contributed by atoms with Crippen LogP contribution in [0.4, 0.5) is 13.2 Å². The van der Waals surface area contributed by atoms with Crippen molar-refractivity contribution >= 4 is 21.2 Å². The van der Waals surface area contributed by atoms with Gasteiger partial charge in [-0.25, -0.2) is 13.4 Å². The number of hydrogen-bond donors (Lipinski definition) is 0. The van der Waals surface area contributed by atoms with Crippen molar-refractivity contribution in [1.29, 1.82) is 0 Å². The predicted octanol–water partition coefficient (Wildman–Crippen LogP) is 3.02. The minimum absolute atomic E-state index is 0.0694. The van der Waals surface area contributed by atoms with Crippen LogP contribution in [0.15, 0.2) is 40.2 Å². The third-order valence-corrected chi connectivity index (χ3v) is 5.16. The van der Waals surface area contributed by atoms with Crippen molar-refractivity contribution in [2.75, 3.05) is 0 Å². The van der Waals surface area contributed by atoms with E-state index in [1.54, 1.807) is 0 Å². The normalized spacial score (nSPS) is 12.3. The second kappa shape index (κ2) is 5.41. The van der Waals surface area contributed by atoms with Gasteiger partial charge in [0.05, 0.1) is 5.75 Å². The number of thiazole rings is 1. The van der Waals surface area contributed by atoms with E-state index in [9.17, 15) is 21.6 Å². The summed E-state index contributed by atoms with van der Waals surface area (Å²) in [5, 5.41) is 1.48. The van der Waals surface area contributed by atoms with Crippen LogP contribution in [0.25, 0.3) is 0 Å². The molecule has 20 heavy (non-hydrogen) atoms. The molecule has 0 fully saturated rings. The summed E-state index contributed by atoms with van der Waals surface area (Å²) < 4.78 is 64.4. The van der Waals surface area contributed by atoms with Crippen LogP contribution in [0.3, 0.4) is 0 Å². The minimum atomic E-state index is -4.87. The van der Waals surface area contributed by atoms with E-state index in [-0.39, 0.29) is 9.90 Å². The van der Waals surface area contributed by atoms with Gasteiger partial charge in [-0.2, -0.15) is 0 Å². The van der Waals surface area contributed by atoms with Gasteiger partial charge in [0.1, 0.15) is 5.75 Å². The molecule has 0 atom stereocenters. The molecular formula is C11H8F3NO3S2. The first-order valence-corrected chi connectivity index (χ1v) is 7.77. The topological polar surface area (TPSA) is 56.3 Å². The zero-order chi connectivity index (χ0) is 14.8. The highest BCUT2D eigenvalue weighted by Gasteiger charge is 2.32. The van der Waals surface area contributed by atoms with E-state index in [0.29, 0.717) is 0 Å². The van der Waals surface area contributed by atoms with E-state index in [4.69, 9.17) is 0 Å². The molecule has 108 valence electrons. The van der Waals surface area contributed by atoms with Gasteiger partial charge in [0, 0.05) is 17.1 Å². The molecule has 1 aromatic heterocycles. The first-order valence-electron chi connectivity index (χ1n) is 5.24. The molecule has 0 aliphatic carbocycles. The summed E-state index contributed by atoms with van der Waals surface area (Å²) in [7, 11) is -3.79. The van der Waals surface area contributed by atoms with Gasteiger partial charge in [-0.15, -0.1) is 24.5 Å². The molecule has 4 nitrogen and oxygen atoms in total. The molecule has 0 aliphatic rings. The van der Waals surface area contributed by atoms with Crippen LogP contribution in [-0.2, 0) is 15.6 Å². The third-order valence-electron chi connectivity index (χ3n) is 2.22. The Bertz CT molecular complexity index is 681. The number of para-hydroxylation sites is 1. The maximum Gasteiger partial charge on any atom is 0.573 e. The lowest BCUT2D eigenvalue weighted by Gasteiger charge is -2.12. The summed E-state index contributed by atoms with van der Waals surface area (Å²) in [6.07, 6.45) is -3.56. The number of rotatable bonds is 4. The number of hydrogen-bond acceptors (Lipinski definition) is 5. The second-order valence-electron chi connectivity index (χ2n) is 3.71. The van der Waals surface area contributed by atoms with Crippen molar-refractivity contribution in [2.45, 2.75) is 16.5 Å². The molecule has 0 unspecified atom stereocenters.